The summed E-state index contributed by atoms with van der Waals surface area (Å²) < 4.78 is 2.02. The number of nitrogens with one attached hydrogen (secondary N) is 1. The average molecular weight is 267 g/mol. The van der Waals surface area contributed by atoms with Gasteiger partial charge in [0.2, 0.25) is 0 Å². The van der Waals surface area contributed by atoms with Crippen molar-refractivity contribution in [3.05, 3.63) is 66.1 Å². The number of fused-ring (bicyclic) bond motifs is 1. The first-order valence-corrected chi connectivity index (χ1v) is 6.21. The van der Waals surface area contributed by atoms with Crippen molar-refractivity contribution < 1.29 is 10.0 Å². The Morgan fingerprint density at radius 3 is 2.90 bits per heavy atom. The van der Waals surface area contributed by atoms with Gasteiger partial charge >= 0.3 is 0 Å². The van der Waals surface area contributed by atoms with E-state index in [9.17, 15) is 4.79 Å². The molecule has 2 N–H and O–H groups in total. The summed E-state index contributed by atoms with van der Waals surface area (Å²) in [6.07, 6.45) is 3.71. The molecule has 0 fully saturated rings. The monoisotopic (exact) mass is 267 g/mol. The molecule has 3 rings (SSSR count). The summed E-state index contributed by atoms with van der Waals surface area (Å²) in [7, 11) is 0. The van der Waals surface area contributed by atoms with E-state index >= 15 is 0 Å². The second kappa shape index (κ2) is 5.14. The Labute approximate surface area is 115 Å². The molecule has 2 heterocycles. The maximum Gasteiger partial charge on any atom is 0.274 e. The maximum absolute atomic E-state index is 11.5. The summed E-state index contributed by atoms with van der Waals surface area (Å²) >= 11 is 0. The van der Waals surface area contributed by atoms with Crippen LogP contribution >= 0.6 is 0 Å². The third kappa shape index (κ3) is 2.26. The SMILES string of the molecule is O=C(NO)c1ccc2ccn(Cc3ccccn3)c2c1. The van der Waals surface area contributed by atoms with Crippen molar-refractivity contribution in [2.45, 2.75) is 6.54 Å². The van der Waals surface area contributed by atoms with Crippen LogP contribution in [0.2, 0.25) is 0 Å². The number of rotatable bonds is 3. The van der Waals surface area contributed by atoms with E-state index in [-0.39, 0.29) is 0 Å². The van der Waals surface area contributed by atoms with E-state index in [0.29, 0.717) is 12.1 Å². The van der Waals surface area contributed by atoms with Crippen molar-refractivity contribution in [2.24, 2.45) is 0 Å². The van der Waals surface area contributed by atoms with Crippen molar-refractivity contribution in [3.8, 4) is 0 Å². The molecule has 100 valence electrons. The highest BCUT2D eigenvalue weighted by Gasteiger charge is 2.08. The molecule has 0 atom stereocenters. The lowest BCUT2D eigenvalue weighted by Crippen LogP contribution is -2.18. The topological polar surface area (TPSA) is 67.2 Å². The van der Waals surface area contributed by atoms with Gasteiger partial charge in [0.25, 0.3) is 5.91 Å². The molecule has 0 aliphatic rings. The molecule has 5 heteroatoms. The van der Waals surface area contributed by atoms with Crippen LogP contribution in [-0.2, 0) is 6.54 Å². The number of pyridine rings is 1. The standard InChI is InChI=1S/C15H13N3O2/c19-15(17-20)12-5-4-11-6-8-18(14(11)9-12)10-13-3-1-2-7-16-13/h1-9,20H,10H2,(H,17,19). The van der Waals surface area contributed by atoms with Crippen molar-refractivity contribution in [3.63, 3.8) is 0 Å². The van der Waals surface area contributed by atoms with E-state index < -0.39 is 5.91 Å². The smallest absolute Gasteiger partial charge is 0.274 e. The van der Waals surface area contributed by atoms with Crippen molar-refractivity contribution in [1.29, 1.82) is 0 Å². The van der Waals surface area contributed by atoms with Crippen LogP contribution in [0.4, 0.5) is 0 Å². The zero-order valence-electron chi connectivity index (χ0n) is 10.7. The molecule has 0 radical (unpaired) electrons. The molecule has 5 nitrogen and oxygen atoms in total. The quantitative estimate of drug-likeness (QED) is 0.564. The molecule has 0 saturated heterocycles. The Bertz CT molecular complexity index is 750. The number of aromatic nitrogens is 2. The molecule has 0 spiro atoms. The highest BCUT2D eigenvalue weighted by molar-refractivity contribution is 5.97. The van der Waals surface area contributed by atoms with Gasteiger partial charge in [0, 0.05) is 23.5 Å². The van der Waals surface area contributed by atoms with Crippen LogP contribution in [0.1, 0.15) is 16.1 Å². The number of benzene rings is 1. The van der Waals surface area contributed by atoms with E-state index in [4.69, 9.17) is 5.21 Å². The van der Waals surface area contributed by atoms with Crippen LogP contribution in [0.3, 0.4) is 0 Å². The van der Waals surface area contributed by atoms with Crippen LogP contribution in [0.5, 0.6) is 0 Å². The van der Waals surface area contributed by atoms with Gasteiger partial charge in [0.15, 0.2) is 0 Å². The normalized spacial score (nSPS) is 10.7. The van der Waals surface area contributed by atoms with E-state index in [1.54, 1.807) is 23.8 Å². The number of hydrogen-bond acceptors (Lipinski definition) is 3. The largest absolute Gasteiger partial charge is 0.341 e. The van der Waals surface area contributed by atoms with Gasteiger partial charge in [-0.2, -0.15) is 0 Å². The molecule has 2 aromatic heterocycles. The average Bonchev–Trinajstić information content (AvgIpc) is 2.90. The van der Waals surface area contributed by atoms with Gasteiger partial charge in [0.05, 0.1) is 12.2 Å². The van der Waals surface area contributed by atoms with Gasteiger partial charge in [-0.1, -0.05) is 12.1 Å². The molecule has 0 unspecified atom stereocenters. The van der Waals surface area contributed by atoms with Crippen LogP contribution in [0.25, 0.3) is 10.9 Å². The number of carbonyl (C=O) groups is 1. The Morgan fingerprint density at radius 1 is 1.25 bits per heavy atom. The minimum Gasteiger partial charge on any atom is -0.341 e. The zero-order valence-corrected chi connectivity index (χ0v) is 10.7. The molecule has 3 aromatic rings. The van der Waals surface area contributed by atoms with E-state index in [2.05, 4.69) is 4.98 Å². The summed E-state index contributed by atoms with van der Waals surface area (Å²) in [5, 5.41) is 9.74. The van der Waals surface area contributed by atoms with E-state index in [0.717, 1.165) is 16.6 Å². The van der Waals surface area contributed by atoms with Crippen molar-refractivity contribution in [1.82, 2.24) is 15.0 Å². The molecule has 20 heavy (non-hydrogen) atoms. The molecule has 0 aliphatic carbocycles. The minimum atomic E-state index is -0.516. The third-order valence-corrected chi connectivity index (χ3v) is 3.20. The van der Waals surface area contributed by atoms with E-state index in [1.807, 2.05) is 41.1 Å². The number of carbonyl (C=O) groups excluding carboxylic acids is 1. The Morgan fingerprint density at radius 2 is 2.15 bits per heavy atom. The first-order chi connectivity index (χ1) is 9.78. The zero-order chi connectivity index (χ0) is 13.9. The minimum absolute atomic E-state index is 0.418. The summed E-state index contributed by atoms with van der Waals surface area (Å²) in [5.74, 6) is -0.516. The lowest BCUT2D eigenvalue weighted by molar-refractivity contribution is 0.0706. The molecule has 0 saturated carbocycles. The van der Waals surface area contributed by atoms with Crippen LogP contribution < -0.4 is 5.48 Å². The summed E-state index contributed by atoms with van der Waals surface area (Å²) in [4.78, 5) is 15.8. The number of nitrogens with zero attached hydrogens (tertiary/aromatic N) is 2. The fourth-order valence-corrected chi connectivity index (χ4v) is 2.19. The third-order valence-electron chi connectivity index (χ3n) is 3.20. The highest BCUT2D eigenvalue weighted by atomic mass is 16.5. The predicted octanol–water partition coefficient (Wildman–Crippen LogP) is 2.20. The first-order valence-electron chi connectivity index (χ1n) is 6.21. The number of amides is 1. The molecule has 1 aromatic carbocycles. The Hall–Kier alpha value is -2.66. The van der Waals surface area contributed by atoms with Gasteiger partial charge in [-0.15, -0.1) is 0 Å². The maximum atomic E-state index is 11.5. The molecule has 1 amide bonds. The molecular weight excluding hydrogens is 254 g/mol. The molecular formula is C15H13N3O2. The Kier molecular flexibility index (Phi) is 3.18. The van der Waals surface area contributed by atoms with Gasteiger partial charge < -0.3 is 4.57 Å². The second-order valence-corrected chi connectivity index (χ2v) is 4.48. The molecule has 0 bridgehead atoms. The number of hydroxylamine groups is 1. The van der Waals surface area contributed by atoms with Gasteiger partial charge in [-0.3, -0.25) is 15.0 Å². The number of hydrogen-bond donors (Lipinski definition) is 2. The van der Waals surface area contributed by atoms with Gasteiger partial charge in [-0.25, -0.2) is 5.48 Å². The summed E-state index contributed by atoms with van der Waals surface area (Å²) in [6.45, 7) is 0.633. The summed E-state index contributed by atoms with van der Waals surface area (Å²) in [6, 6.07) is 13.0. The Balaban J connectivity index is 2.01. The lowest BCUT2D eigenvalue weighted by atomic mass is 10.1. The first kappa shape index (κ1) is 12.4. The predicted molar refractivity (Wildman–Crippen MR) is 74.5 cm³/mol. The van der Waals surface area contributed by atoms with Crippen molar-refractivity contribution in [2.75, 3.05) is 0 Å². The second-order valence-electron chi connectivity index (χ2n) is 4.48. The van der Waals surface area contributed by atoms with Crippen LogP contribution in [0, 0.1) is 0 Å². The fraction of sp³-hybridized carbons (Fsp3) is 0.0667. The van der Waals surface area contributed by atoms with E-state index in [1.165, 1.54) is 0 Å². The highest BCUT2D eigenvalue weighted by Crippen LogP contribution is 2.18. The molecule has 0 aliphatic heterocycles. The van der Waals surface area contributed by atoms with Gasteiger partial charge in [0.1, 0.15) is 0 Å². The van der Waals surface area contributed by atoms with Crippen LogP contribution in [0.15, 0.2) is 54.9 Å². The van der Waals surface area contributed by atoms with Crippen molar-refractivity contribution >= 4 is 16.8 Å². The summed E-state index contributed by atoms with van der Waals surface area (Å²) in [5.41, 5.74) is 3.94. The van der Waals surface area contributed by atoms with Crippen LogP contribution in [-0.4, -0.2) is 20.7 Å². The lowest BCUT2D eigenvalue weighted by Gasteiger charge is -2.06. The fourth-order valence-electron chi connectivity index (χ4n) is 2.19. The van der Waals surface area contributed by atoms with Gasteiger partial charge in [-0.05, 0) is 35.7 Å².